The van der Waals surface area contributed by atoms with E-state index in [1.807, 2.05) is 18.3 Å². The van der Waals surface area contributed by atoms with Gasteiger partial charge in [0.25, 0.3) is 0 Å². The fourth-order valence-corrected chi connectivity index (χ4v) is 3.47. The van der Waals surface area contributed by atoms with Gasteiger partial charge in [0, 0.05) is 22.5 Å². The van der Waals surface area contributed by atoms with E-state index in [-0.39, 0.29) is 0 Å². The monoisotopic (exact) mass is 320 g/mol. The van der Waals surface area contributed by atoms with Gasteiger partial charge in [-0.1, -0.05) is 72.8 Å². The van der Waals surface area contributed by atoms with Crippen LogP contribution in [0.15, 0.2) is 91.1 Å². The van der Waals surface area contributed by atoms with Crippen LogP contribution in [0.5, 0.6) is 0 Å². The molecule has 0 saturated carbocycles. The largest absolute Gasteiger partial charge is 0.339 e. The van der Waals surface area contributed by atoms with E-state index in [9.17, 15) is 0 Å². The summed E-state index contributed by atoms with van der Waals surface area (Å²) in [7, 11) is 0. The molecule has 0 bridgehead atoms. The van der Waals surface area contributed by atoms with Crippen molar-refractivity contribution < 1.29 is 0 Å². The Balaban J connectivity index is 1.66. The predicted molar refractivity (Wildman–Crippen MR) is 104 cm³/mol. The van der Waals surface area contributed by atoms with Crippen molar-refractivity contribution in [3.8, 4) is 22.3 Å². The molecule has 25 heavy (non-hydrogen) atoms. The number of hydrogen-bond acceptors (Lipinski definition) is 1. The molecule has 5 aromatic rings. The van der Waals surface area contributed by atoms with Crippen LogP contribution in [0.25, 0.3) is 44.2 Å². The van der Waals surface area contributed by atoms with E-state index in [1.54, 1.807) is 0 Å². The molecule has 0 amide bonds. The fraction of sp³-hybridized carbons (Fsp3) is 0. The first kappa shape index (κ1) is 14.0. The second-order valence-corrected chi connectivity index (χ2v) is 6.20. The van der Waals surface area contributed by atoms with Gasteiger partial charge in [-0.3, -0.25) is 0 Å². The molecule has 0 radical (unpaired) electrons. The maximum atomic E-state index is 4.45. The topological polar surface area (TPSA) is 28.7 Å². The minimum atomic E-state index is 0.936. The minimum Gasteiger partial charge on any atom is -0.339 e. The third-order valence-corrected chi connectivity index (χ3v) is 4.71. The summed E-state index contributed by atoms with van der Waals surface area (Å²) in [4.78, 5) is 7.93. The van der Waals surface area contributed by atoms with Crippen LogP contribution < -0.4 is 0 Å². The van der Waals surface area contributed by atoms with Gasteiger partial charge in [0.15, 0.2) is 0 Å². The first-order valence-corrected chi connectivity index (χ1v) is 8.41. The van der Waals surface area contributed by atoms with Crippen LogP contribution in [-0.4, -0.2) is 9.97 Å². The number of nitrogens with zero attached hydrogens (tertiary/aromatic N) is 1. The average Bonchev–Trinajstić information content (AvgIpc) is 3.08. The highest BCUT2D eigenvalue weighted by atomic mass is 14.8. The van der Waals surface area contributed by atoms with Crippen molar-refractivity contribution in [1.29, 1.82) is 0 Å². The van der Waals surface area contributed by atoms with Gasteiger partial charge in [-0.2, -0.15) is 0 Å². The summed E-state index contributed by atoms with van der Waals surface area (Å²) in [6, 6.07) is 29.7. The maximum absolute atomic E-state index is 4.45. The molecule has 0 fully saturated rings. The van der Waals surface area contributed by atoms with E-state index in [1.165, 1.54) is 33.0 Å². The normalized spacial score (nSPS) is 11.2. The summed E-state index contributed by atoms with van der Waals surface area (Å²) in [5, 5.41) is 2.38. The Kier molecular flexibility index (Phi) is 3.14. The van der Waals surface area contributed by atoms with E-state index in [0.717, 1.165) is 11.2 Å². The van der Waals surface area contributed by atoms with Crippen molar-refractivity contribution in [3.63, 3.8) is 0 Å². The Bertz CT molecular complexity index is 1170. The highest BCUT2D eigenvalue weighted by Crippen LogP contribution is 2.33. The number of hydrogen-bond donors (Lipinski definition) is 1. The Hall–Kier alpha value is -3.39. The summed E-state index contributed by atoms with van der Waals surface area (Å²) in [6.45, 7) is 0. The van der Waals surface area contributed by atoms with Gasteiger partial charge < -0.3 is 4.98 Å². The molecule has 0 aliphatic rings. The molecule has 2 heterocycles. The number of rotatable bonds is 2. The molecule has 3 aromatic carbocycles. The number of fused-ring (bicyclic) bond motifs is 3. The van der Waals surface area contributed by atoms with Gasteiger partial charge >= 0.3 is 0 Å². The van der Waals surface area contributed by atoms with Crippen LogP contribution in [0.2, 0.25) is 0 Å². The molecule has 5 rings (SSSR count). The average molecular weight is 320 g/mol. The van der Waals surface area contributed by atoms with Crippen molar-refractivity contribution in [2.75, 3.05) is 0 Å². The Morgan fingerprint density at radius 1 is 0.560 bits per heavy atom. The first-order valence-electron chi connectivity index (χ1n) is 8.41. The molecule has 0 aliphatic heterocycles. The number of para-hydroxylation sites is 1. The number of H-pyrrole nitrogens is 1. The van der Waals surface area contributed by atoms with Crippen molar-refractivity contribution in [1.82, 2.24) is 9.97 Å². The number of aromatic amines is 1. The van der Waals surface area contributed by atoms with Crippen molar-refractivity contribution in [2.24, 2.45) is 0 Å². The minimum absolute atomic E-state index is 0.936. The van der Waals surface area contributed by atoms with Gasteiger partial charge in [0.1, 0.15) is 5.65 Å². The highest BCUT2D eigenvalue weighted by molar-refractivity contribution is 6.10. The summed E-state index contributed by atoms with van der Waals surface area (Å²) >= 11 is 0. The smallest absolute Gasteiger partial charge is 0.138 e. The third-order valence-electron chi connectivity index (χ3n) is 4.71. The van der Waals surface area contributed by atoms with Crippen LogP contribution in [0.3, 0.4) is 0 Å². The third kappa shape index (κ3) is 2.31. The van der Waals surface area contributed by atoms with Crippen LogP contribution in [-0.2, 0) is 0 Å². The van der Waals surface area contributed by atoms with E-state index in [0.29, 0.717) is 0 Å². The second kappa shape index (κ2) is 5.60. The zero-order valence-electron chi connectivity index (χ0n) is 13.6. The molecule has 2 heteroatoms. The molecule has 1 N–H and O–H groups in total. The number of nitrogens with one attached hydrogen (secondary N) is 1. The van der Waals surface area contributed by atoms with Crippen LogP contribution in [0.4, 0.5) is 0 Å². The second-order valence-electron chi connectivity index (χ2n) is 6.20. The molecule has 2 nitrogen and oxygen atoms in total. The van der Waals surface area contributed by atoms with E-state index in [4.69, 9.17) is 0 Å². The molecule has 2 aromatic heterocycles. The summed E-state index contributed by atoms with van der Waals surface area (Å²) in [5.41, 5.74) is 6.96. The summed E-state index contributed by atoms with van der Waals surface area (Å²) < 4.78 is 0. The van der Waals surface area contributed by atoms with Gasteiger partial charge in [-0.25, -0.2) is 4.98 Å². The van der Waals surface area contributed by atoms with Gasteiger partial charge in [0.05, 0.1) is 5.52 Å². The lowest BCUT2D eigenvalue weighted by atomic mass is 9.99. The lowest BCUT2D eigenvalue weighted by Crippen LogP contribution is -1.82. The van der Waals surface area contributed by atoms with E-state index < -0.39 is 0 Å². The molecule has 118 valence electrons. The standard InChI is InChI=1S/C23H16N2/c1-2-6-16(7-3-1)17-11-13-18(14-12-17)19-8-4-9-20-21-10-5-15-24-23(21)25-22(19)20/h1-15H,(H,24,25). The lowest BCUT2D eigenvalue weighted by molar-refractivity contribution is 1.35. The van der Waals surface area contributed by atoms with Crippen LogP contribution in [0, 0.1) is 0 Å². The molecular formula is C23H16N2. The van der Waals surface area contributed by atoms with Crippen LogP contribution >= 0.6 is 0 Å². The zero-order chi connectivity index (χ0) is 16.6. The molecule has 0 saturated heterocycles. The van der Waals surface area contributed by atoms with Crippen molar-refractivity contribution in [2.45, 2.75) is 0 Å². The molecule has 0 atom stereocenters. The number of pyridine rings is 1. The fourth-order valence-electron chi connectivity index (χ4n) is 3.47. The summed E-state index contributed by atoms with van der Waals surface area (Å²) in [5.74, 6) is 0. The summed E-state index contributed by atoms with van der Waals surface area (Å²) in [6.07, 6.45) is 1.83. The van der Waals surface area contributed by atoms with Gasteiger partial charge in [0.2, 0.25) is 0 Å². The Labute approximate surface area is 145 Å². The molecule has 0 unspecified atom stereocenters. The van der Waals surface area contributed by atoms with Gasteiger partial charge in [-0.05, 0) is 28.8 Å². The van der Waals surface area contributed by atoms with E-state index >= 15 is 0 Å². The quantitative estimate of drug-likeness (QED) is 0.421. The van der Waals surface area contributed by atoms with Crippen molar-refractivity contribution in [3.05, 3.63) is 91.1 Å². The lowest BCUT2D eigenvalue weighted by Gasteiger charge is -2.06. The Morgan fingerprint density at radius 2 is 1.28 bits per heavy atom. The zero-order valence-corrected chi connectivity index (χ0v) is 13.6. The molecule has 0 spiro atoms. The Morgan fingerprint density at radius 3 is 2.12 bits per heavy atom. The maximum Gasteiger partial charge on any atom is 0.138 e. The predicted octanol–water partition coefficient (Wildman–Crippen LogP) is 6.05. The SMILES string of the molecule is c1ccc(-c2ccc(-c3cccc4c3[nH]c3ncccc34)cc2)cc1. The molecule has 0 aliphatic carbocycles. The van der Waals surface area contributed by atoms with Gasteiger partial charge in [-0.15, -0.1) is 0 Å². The van der Waals surface area contributed by atoms with E-state index in [2.05, 4.69) is 82.8 Å². The first-order chi connectivity index (χ1) is 12.4. The number of benzene rings is 3. The van der Waals surface area contributed by atoms with Crippen LogP contribution in [0.1, 0.15) is 0 Å². The highest BCUT2D eigenvalue weighted by Gasteiger charge is 2.10. The number of aromatic nitrogens is 2. The molecular weight excluding hydrogens is 304 g/mol. The van der Waals surface area contributed by atoms with Crippen molar-refractivity contribution >= 4 is 21.9 Å².